The average Bonchev–Trinajstić information content (AvgIpc) is 2.33. The zero-order valence-corrected chi connectivity index (χ0v) is 14.0. The number of aryl methyl sites for hydroxylation is 1. The predicted octanol–water partition coefficient (Wildman–Crippen LogP) is 2.54. The number of nitrogens with zero attached hydrogens (tertiary/aromatic N) is 1. The minimum atomic E-state index is 0. The van der Waals surface area contributed by atoms with Crippen LogP contribution < -0.4 is 11.1 Å². The minimum absolute atomic E-state index is 0. The van der Waals surface area contributed by atoms with Gasteiger partial charge in [-0.05, 0) is 59.9 Å². The van der Waals surface area contributed by atoms with Crippen LogP contribution in [0.1, 0.15) is 18.4 Å². The van der Waals surface area contributed by atoms with Gasteiger partial charge in [0.2, 0.25) is 5.91 Å². The standard InChI is InChI=1S/C14H20BrN3O.ClH/c1-10-4-5-13(12(15)7-10)17-14(19)9-18-6-2-3-11(16)8-18;/h4-5,7,11H,2-3,6,8-9,16H2,1H3,(H,17,19);1H. The van der Waals surface area contributed by atoms with E-state index in [0.29, 0.717) is 6.54 Å². The lowest BCUT2D eigenvalue weighted by Crippen LogP contribution is -2.45. The molecule has 20 heavy (non-hydrogen) atoms. The molecule has 0 aliphatic carbocycles. The first-order valence-electron chi connectivity index (χ1n) is 6.58. The van der Waals surface area contributed by atoms with Crippen molar-refractivity contribution in [1.82, 2.24) is 4.90 Å². The number of carbonyl (C=O) groups is 1. The first kappa shape index (κ1) is 17.4. The first-order chi connectivity index (χ1) is 9.04. The first-order valence-corrected chi connectivity index (χ1v) is 7.38. The summed E-state index contributed by atoms with van der Waals surface area (Å²) in [4.78, 5) is 14.1. The molecule has 0 radical (unpaired) electrons. The van der Waals surface area contributed by atoms with Gasteiger partial charge in [-0.15, -0.1) is 12.4 Å². The quantitative estimate of drug-likeness (QED) is 0.869. The highest BCUT2D eigenvalue weighted by Gasteiger charge is 2.19. The fourth-order valence-corrected chi connectivity index (χ4v) is 2.94. The number of nitrogens with one attached hydrogen (secondary N) is 1. The number of halogens is 2. The van der Waals surface area contributed by atoms with Gasteiger partial charge in [-0.2, -0.15) is 0 Å². The number of hydrogen-bond donors (Lipinski definition) is 2. The number of amides is 1. The van der Waals surface area contributed by atoms with Gasteiger partial charge in [0.05, 0.1) is 12.2 Å². The SMILES string of the molecule is Cc1ccc(NC(=O)CN2CCCC(N)C2)c(Br)c1.Cl. The van der Waals surface area contributed by atoms with E-state index in [0.717, 1.165) is 41.7 Å². The van der Waals surface area contributed by atoms with Gasteiger partial charge in [0.25, 0.3) is 0 Å². The molecule has 1 heterocycles. The number of anilines is 1. The molecule has 112 valence electrons. The van der Waals surface area contributed by atoms with E-state index in [2.05, 4.69) is 26.1 Å². The summed E-state index contributed by atoms with van der Waals surface area (Å²) in [5.41, 5.74) is 7.89. The third-order valence-electron chi connectivity index (χ3n) is 3.31. The van der Waals surface area contributed by atoms with Crippen molar-refractivity contribution in [3.8, 4) is 0 Å². The number of hydrogen-bond acceptors (Lipinski definition) is 3. The molecule has 0 saturated carbocycles. The number of benzene rings is 1. The van der Waals surface area contributed by atoms with E-state index in [1.165, 1.54) is 0 Å². The molecule has 0 spiro atoms. The molecule has 1 aromatic rings. The number of likely N-dealkylation sites (tertiary alicyclic amines) is 1. The molecule has 1 aliphatic rings. The van der Waals surface area contributed by atoms with Gasteiger partial charge in [-0.3, -0.25) is 9.69 Å². The Morgan fingerprint density at radius 1 is 1.55 bits per heavy atom. The molecule has 1 atom stereocenters. The molecular formula is C14H21BrClN3O. The van der Waals surface area contributed by atoms with Gasteiger partial charge < -0.3 is 11.1 Å². The molecule has 1 unspecified atom stereocenters. The van der Waals surface area contributed by atoms with E-state index < -0.39 is 0 Å². The third kappa shape index (κ3) is 5.05. The molecule has 0 aromatic heterocycles. The predicted molar refractivity (Wildman–Crippen MR) is 88.4 cm³/mol. The largest absolute Gasteiger partial charge is 0.327 e. The van der Waals surface area contributed by atoms with Crippen molar-refractivity contribution < 1.29 is 4.79 Å². The molecule has 1 aliphatic heterocycles. The van der Waals surface area contributed by atoms with Crippen LogP contribution in [-0.4, -0.2) is 36.5 Å². The monoisotopic (exact) mass is 361 g/mol. The minimum Gasteiger partial charge on any atom is -0.327 e. The molecule has 4 nitrogen and oxygen atoms in total. The van der Waals surface area contributed by atoms with Crippen molar-refractivity contribution in [2.45, 2.75) is 25.8 Å². The van der Waals surface area contributed by atoms with Crippen LogP contribution in [0.25, 0.3) is 0 Å². The van der Waals surface area contributed by atoms with Crippen LogP contribution in [0, 0.1) is 6.92 Å². The molecule has 3 N–H and O–H groups in total. The van der Waals surface area contributed by atoms with Crippen LogP contribution in [0.2, 0.25) is 0 Å². The van der Waals surface area contributed by atoms with Gasteiger partial charge in [0.15, 0.2) is 0 Å². The van der Waals surface area contributed by atoms with Crippen molar-refractivity contribution in [2.24, 2.45) is 5.73 Å². The van der Waals surface area contributed by atoms with E-state index in [4.69, 9.17) is 5.73 Å². The maximum absolute atomic E-state index is 12.0. The summed E-state index contributed by atoms with van der Waals surface area (Å²) >= 11 is 3.46. The van der Waals surface area contributed by atoms with Gasteiger partial charge >= 0.3 is 0 Å². The van der Waals surface area contributed by atoms with Gasteiger partial charge in [0, 0.05) is 17.1 Å². The highest BCUT2D eigenvalue weighted by Crippen LogP contribution is 2.23. The fraction of sp³-hybridized carbons (Fsp3) is 0.500. The summed E-state index contributed by atoms with van der Waals surface area (Å²) in [5, 5.41) is 2.93. The van der Waals surface area contributed by atoms with E-state index in [1.807, 2.05) is 25.1 Å². The molecule has 1 saturated heterocycles. The Balaban J connectivity index is 0.00000200. The maximum atomic E-state index is 12.0. The summed E-state index contributed by atoms with van der Waals surface area (Å²) in [5.74, 6) is 0.0126. The van der Waals surface area contributed by atoms with E-state index >= 15 is 0 Å². The summed E-state index contributed by atoms with van der Waals surface area (Å²) < 4.78 is 0.913. The second-order valence-corrected chi connectivity index (χ2v) is 6.02. The van der Waals surface area contributed by atoms with Gasteiger partial charge in [-0.1, -0.05) is 6.07 Å². The highest BCUT2D eigenvalue weighted by atomic mass is 79.9. The van der Waals surface area contributed by atoms with Gasteiger partial charge in [0.1, 0.15) is 0 Å². The van der Waals surface area contributed by atoms with Gasteiger partial charge in [-0.25, -0.2) is 0 Å². The fourth-order valence-electron chi connectivity index (χ4n) is 2.35. The third-order valence-corrected chi connectivity index (χ3v) is 3.96. The van der Waals surface area contributed by atoms with Crippen molar-refractivity contribution >= 4 is 39.9 Å². The number of carbonyl (C=O) groups excluding carboxylic acids is 1. The van der Waals surface area contributed by atoms with Crippen LogP contribution in [0.15, 0.2) is 22.7 Å². The van der Waals surface area contributed by atoms with Crippen LogP contribution in [0.3, 0.4) is 0 Å². The summed E-state index contributed by atoms with van der Waals surface area (Å²) in [7, 11) is 0. The molecule has 1 amide bonds. The zero-order valence-electron chi connectivity index (χ0n) is 11.6. The van der Waals surface area contributed by atoms with Crippen LogP contribution in [-0.2, 0) is 4.79 Å². The Morgan fingerprint density at radius 2 is 2.30 bits per heavy atom. The van der Waals surface area contributed by atoms with E-state index in [-0.39, 0.29) is 24.4 Å². The average molecular weight is 363 g/mol. The second kappa shape index (κ2) is 7.98. The molecule has 2 rings (SSSR count). The summed E-state index contributed by atoms with van der Waals surface area (Å²) in [6.45, 7) is 4.19. The van der Waals surface area contributed by atoms with E-state index in [1.54, 1.807) is 0 Å². The normalized spacial score (nSPS) is 19.2. The Hall–Kier alpha value is -0.620. The van der Waals surface area contributed by atoms with Crippen LogP contribution in [0.4, 0.5) is 5.69 Å². The number of piperidine rings is 1. The topological polar surface area (TPSA) is 58.4 Å². The van der Waals surface area contributed by atoms with Crippen molar-refractivity contribution in [2.75, 3.05) is 25.0 Å². The van der Waals surface area contributed by atoms with Crippen LogP contribution in [0.5, 0.6) is 0 Å². The maximum Gasteiger partial charge on any atom is 0.238 e. The van der Waals surface area contributed by atoms with E-state index in [9.17, 15) is 4.79 Å². The van der Waals surface area contributed by atoms with Crippen molar-refractivity contribution in [3.63, 3.8) is 0 Å². The molecule has 1 aromatic carbocycles. The Kier molecular flexibility index (Phi) is 6.95. The lowest BCUT2D eigenvalue weighted by Gasteiger charge is -2.30. The highest BCUT2D eigenvalue weighted by molar-refractivity contribution is 9.10. The Morgan fingerprint density at radius 3 is 2.95 bits per heavy atom. The van der Waals surface area contributed by atoms with Crippen molar-refractivity contribution in [1.29, 1.82) is 0 Å². The smallest absolute Gasteiger partial charge is 0.238 e. The summed E-state index contributed by atoms with van der Waals surface area (Å²) in [6, 6.07) is 6.09. The number of rotatable bonds is 3. The lowest BCUT2D eigenvalue weighted by molar-refractivity contribution is -0.117. The Labute approximate surface area is 134 Å². The molecular weight excluding hydrogens is 342 g/mol. The zero-order chi connectivity index (χ0) is 13.8. The molecule has 6 heteroatoms. The lowest BCUT2D eigenvalue weighted by atomic mass is 10.1. The number of nitrogens with two attached hydrogens (primary N) is 1. The molecule has 0 bridgehead atoms. The molecule has 1 fully saturated rings. The van der Waals surface area contributed by atoms with Crippen LogP contribution >= 0.6 is 28.3 Å². The second-order valence-electron chi connectivity index (χ2n) is 5.17. The van der Waals surface area contributed by atoms with Crippen molar-refractivity contribution in [3.05, 3.63) is 28.2 Å². The summed E-state index contributed by atoms with van der Waals surface area (Å²) in [6.07, 6.45) is 2.13. The Bertz CT molecular complexity index is 470.